The molecule has 0 aliphatic rings. The van der Waals surface area contributed by atoms with E-state index in [0.29, 0.717) is 0 Å². The third kappa shape index (κ3) is 5.09. The van der Waals surface area contributed by atoms with Gasteiger partial charge in [-0.1, -0.05) is 37.1 Å². The molecular weight excluding hydrogens is 383 g/mol. The van der Waals surface area contributed by atoms with Crippen molar-refractivity contribution >= 4 is 40.9 Å². The Kier molecular flexibility index (Phi) is 7.23. The lowest BCUT2D eigenvalue weighted by molar-refractivity contribution is -0.385. The fourth-order valence-corrected chi connectivity index (χ4v) is 3.00. The summed E-state index contributed by atoms with van der Waals surface area (Å²) in [5.74, 6) is -0.634. The van der Waals surface area contributed by atoms with Crippen LogP contribution in [-0.4, -0.2) is 16.6 Å². The van der Waals surface area contributed by atoms with E-state index in [2.05, 4.69) is 5.32 Å². The molecule has 0 spiro atoms. The van der Waals surface area contributed by atoms with Gasteiger partial charge in [-0.05, 0) is 18.6 Å². The molecule has 1 N–H and O–H groups in total. The molecule has 0 aliphatic carbocycles. The molecule has 0 unspecified atom stereocenters. The first-order chi connectivity index (χ1) is 12.4. The molecule has 2 rings (SSSR count). The summed E-state index contributed by atoms with van der Waals surface area (Å²) in [5.41, 5.74) is -0.721. The summed E-state index contributed by atoms with van der Waals surface area (Å²) in [4.78, 5) is 22.7. The summed E-state index contributed by atoms with van der Waals surface area (Å²) in [7, 11) is 0. The molecule has 9 heteroatoms. The molecule has 2 aromatic carbocycles. The Morgan fingerprint density at radius 1 is 1.38 bits per heavy atom. The number of nitro groups is 1. The highest BCUT2D eigenvalue weighted by Crippen LogP contribution is 2.33. The molecule has 0 aromatic heterocycles. The number of carbonyl (C=O) groups is 1. The predicted molar refractivity (Wildman–Crippen MR) is 100 cm³/mol. The Balaban J connectivity index is 2.21. The minimum atomic E-state index is -0.803. The first kappa shape index (κ1) is 20.0. The highest BCUT2D eigenvalue weighted by atomic mass is 35.5. The second-order valence-corrected chi connectivity index (χ2v) is 6.47. The number of halogens is 2. The Morgan fingerprint density at radius 2 is 2.12 bits per heavy atom. The molecule has 0 heterocycles. The van der Waals surface area contributed by atoms with Crippen molar-refractivity contribution in [1.82, 2.24) is 0 Å². The predicted octanol–water partition coefficient (Wildman–Crippen LogP) is 5.47. The van der Waals surface area contributed by atoms with E-state index in [1.54, 1.807) is 0 Å². The molecule has 0 bridgehead atoms. The fourth-order valence-electron chi connectivity index (χ4n) is 2.01. The topological polar surface area (TPSA) is 81.5 Å². The van der Waals surface area contributed by atoms with Gasteiger partial charge in [0.2, 0.25) is 0 Å². The van der Waals surface area contributed by atoms with Gasteiger partial charge in [-0.3, -0.25) is 14.9 Å². The van der Waals surface area contributed by atoms with Gasteiger partial charge in [0.1, 0.15) is 11.4 Å². The zero-order valence-electron chi connectivity index (χ0n) is 13.8. The maximum atomic E-state index is 14.1. The Hall–Kier alpha value is -2.32. The van der Waals surface area contributed by atoms with Crippen molar-refractivity contribution in [3.63, 3.8) is 0 Å². The number of unbranched alkanes of at least 4 members (excludes halogenated alkanes) is 1. The van der Waals surface area contributed by atoms with E-state index in [1.807, 2.05) is 6.92 Å². The molecule has 0 atom stereocenters. The van der Waals surface area contributed by atoms with Gasteiger partial charge in [0.15, 0.2) is 5.75 Å². The van der Waals surface area contributed by atoms with Crippen LogP contribution in [0.5, 0.6) is 5.75 Å². The van der Waals surface area contributed by atoms with E-state index in [-0.39, 0.29) is 27.7 Å². The van der Waals surface area contributed by atoms with Gasteiger partial charge in [-0.15, -0.1) is 0 Å². The van der Waals surface area contributed by atoms with Gasteiger partial charge in [0.25, 0.3) is 11.6 Å². The Labute approximate surface area is 159 Å². The fraction of sp³-hybridized carbons (Fsp3) is 0.235. The van der Waals surface area contributed by atoms with Gasteiger partial charge < -0.3 is 9.50 Å². The molecule has 2 aromatic rings. The monoisotopic (exact) mass is 398 g/mol. The zero-order chi connectivity index (χ0) is 19.1. The molecule has 0 fully saturated rings. The van der Waals surface area contributed by atoms with Crippen molar-refractivity contribution in [3.8, 4) is 5.75 Å². The lowest BCUT2D eigenvalue weighted by atomic mass is 10.1. The van der Waals surface area contributed by atoms with E-state index in [9.17, 15) is 19.3 Å². The van der Waals surface area contributed by atoms with Crippen LogP contribution in [-0.2, 0) is 0 Å². The number of rotatable bonds is 8. The largest absolute Gasteiger partial charge is 0.424 e. The van der Waals surface area contributed by atoms with Gasteiger partial charge >= 0.3 is 0 Å². The number of nitro benzene ring substituents is 1. The van der Waals surface area contributed by atoms with Crippen molar-refractivity contribution in [3.05, 3.63) is 62.9 Å². The number of carbonyl (C=O) groups excluding carboxylic acids is 1. The summed E-state index contributed by atoms with van der Waals surface area (Å²) in [6.45, 7) is 2.04. The van der Waals surface area contributed by atoms with E-state index in [4.69, 9.17) is 15.8 Å². The zero-order valence-corrected chi connectivity index (χ0v) is 15.4. The van der Waals surface area contributed by atoms with Crippen LogP contribution in [0.4, 0.5) is 15.8 Å². The molecule has 6 nitrogen and oxygen atoms in total. The van der Waals surface area contributed by atoms with E-state index in [0.717, 1.165) is 24.7 Å². The Bertz CT molecular complexity index is 819. The number of nitrogens with zero attached hydrogens (tertiary/aromatic N) is 1. The summed E-state index contributed by atoms with van der Waals surface area (Å²) in [6, 6.07) is 7.69. The van der Waals surface area contributed by atoms with Crippen LogP contribution in [0.3, 0.4) is 0 Å². The average Bonchev–Trinajstić information content (AvgIpc) is 2.62. The maximum Gasteiger partial charge on any atom is 0.282 e. The molecule has 0 radical (unpaired) electrons. The highest BCUT2D eigenvalue weighted by Gasteiger charge is 2.21. The van der Waals surface area contributed by atoms with E-state index < -0.39 is 16.6 Å². The summed E-state index contributed by atoms with van der Waals surface area (Å²) in [5, 5.41) is 13.4. The highest BCUT2D eigenvalue weighted by molar-refractivity contribution is 7.95. The lowest BCUT2D eigenvalue weighted by Crippen LogP contribution is -2.15. The molecule has 0 saturated heterocycles. The van der Waals surface area contributed by atoms with Crippen LogP contribution >= 0.6 is 23.6 Å². The van der Waals surface area contributed by atoms with Gasteiger partial charge in [0, 0.05) is 17.9 Å². The number of nitrogens with one attached hydrogen (secondary N) is 1. The van der Waals surface area contributed by atoms with Crippen LogP contribution < -0.4 is 9.50 Å². The smallest absolute Gasteiger partial charge is 0.282 e. The number of hydrogen-bond donors (Lipinski definition) is 1. The molecule has 0 aliphatic heterocycles. The molecule has 1 amide bonds. The van der Waals surface area contributed by atoms with Crippen molar-refractivity contribution < 1.29 is 18.3 Å². The van der Waals surface area contributed by atoms with Crippen molar-refractivity contribution in [1.29, 1.82) is 0 Å². The molecule has 0 saturated carbocycles. The second-order valence-electron chi connectivity index (χ2n) is 5.25. The van der Waals surface area contributed by atoms with E-state index >= 15 is 0 Å². The normalized spacial score (nSPS) is 10.4. The number of para-hydroxylation sites is 1. The second kappa shape index (κ2) is 9.40. The van der Waals surface area contributed by atoms with Crippen LogP contribution in [0.25, 0.3) is 0 Å². The lowest BCUT2D eigenvalue weighted by Gasteiger charge is -2.11. The molecule has 26 heavy (non-hydrogen) atoms. The van der Waals surface area contributed by atoms with Gasteiger partial charge in [-0.2, -0.15) is 0 Å². The van der Waals surface area contributed by atoms with E-state index in [1.165, 1.54) is 42.4 Å². The summed E-state index contributed by atoms with van der Waals surface area (Å²) < 4.78 is 19.6. The molecular formula is C17H16ClFN2O4S. The standard InChI is InChI=1S/C17H16ClFN2O4S/c1-2-3-8-26-25-16-10-14(13(19)9-12(16)18)20-17(22)11-6-4-5-7-15(11)21(23)24/h4-7,9-10H,2-3,8H2,1H3,(H,20,22). The van der Waals surface area contributed by atoms with Crippen LogP contribution in [0.2, 0.25) is 5.02 Å². The quantitative estimate of drug-likeness (QED) is 0.276. The minimum Gasteiger partial charge on any atom is -0.424 e. The first-order valence-corrected chi connectivity index (χ1v) is 9.06. The van der Waals surface area contributed by atoms with Crippen molar-refractivity contribution in [2.24, 2.45) is 0 Å². The maximum absolute atomic E-state index is 14.1. The minimum absolute atomic E-state index is 0.0650. The third-order valence-corrected chi connectivity index (χ3v) is 4.39. The average molecular weight is 399 g/mol. The van der Waals surface area contributed by atoms with Crippen LogP contribution in [0.15, 0.2) is 36.4 Å². The van der Waals surface area contributed by atoms with Crippen molar-refractivity contribution in [2.45, 2.75) is 19.8 Å². The summed E-state index contributed by atoms with van der Waals surface area (Å²) in [6.07, 6.45) is 1.95. The molecule has 138 valence electrons. The van der Waals surface area contributed by atoms with Crippen LogP contribution in [0.1, 0.15) is 30.1 Å². The van der Waals surface area contributed by atoms with Gasteiger partial charge in [0.05, 0.1) is 27.7 Å². The number of amides is 1. The Morgan fingerprint density at radius 3 is 2.81 bits per heavy atom. The van der Waals surface area contributed by atoms with Crippen molar-refractivity contribution in [2.75, 3.05) is 11.1 Å². The first-order valence-electron chi connectivity index (χ1n) is 7.77. The summed E-state index contributed by atoms with van der Waals surface area (Å²) >= 11 is 7.13. The number of anilines is 1. The number of benzene rings is 2. The van der Waals surface area contributed by atoms with Crippen LogP contribution in [0, 0.1) is 15.9 Å². The number of hydrogen-bond acceptors (Lipinski definition) is 5. The van der Waals surface area contributed by atoms with Gasteiger partial charge in [-0.25, -0.2) is 4.39 Å². The SMILES string of the molecule is CCCCSOc1cc(NC(=O)c2ccccc2[N+](=O)[O-])c(F)cc1Cl. The third-order valence-electron chi connectivity index (χ3n) is 3.35.